The van der Waals surface area contributed by atoms with E-state index in [0.717, 1.165) is 12.8 Å². The van der Waals surface area contributed by atoms with Crippen LogP contribution < -0.4 is 20.5 Å². The largest absolute Gasteiger partial charge is 0.484 e. The normalized spacial score (nSPS) is 10.1. The van der Waals surface area contributed by atoms with Crippen LogP contribution in [0.1, 0.15) is 19.8 Å². The molecule has 0 bridgehead atoms. The molecule has 10 nitrogen and oxygen atoms in total. The number of nitrogens with one attached hydrogen (secondary N) is 2. The number of amides is 1. The first-order valence-corrected chi connectivity index (χ1v) is 8.46. The Morgan fingerprint density at radius 1 is 1.30 bits per heavy atom. The van der Waals surface area contributed by atoms with Gasteiger partial charge in [-0.15, -0.1) is 0 Å². The van der Waals surface area contributed by atoms with Crippen molar-refractivity contribution in [2.75, 3.05) is 30.5 Å². The maximum Gasteiger partial charge on any atom is 0.355 e. The molecule has 2 N–H and O–H groups in total. The van der Waals surface area contributed by atoms with Crippen LogP contribution in [0.4, 0.5) is 17.3 Å². The van der Waals surface area contributed by atoms with E-state index >= 15 is 0 Å². The zero-order valence-electron chi connectivity index (χ0n) is 15.2. The number of hydrogen-bond donors (Lipinski definition) is 2. The highest BCUT2D eigenvalue weighted by atomic mass is 16.6. The lowest BCUT2D eigenvalue weighted by molar-refractivity contribution is -0.383. The van der Waals surface area contributed by atoms with Crippen LogP contribution in [0.15, 0.2) is 36.7 Å². The van der Waals surface area contributed by atoms with Gasteiger partial charge in [0, 0.05) is 13.6 Å². The highest BCUT2D eigenvalue weighted by Crippen LogP contribution is 2.30. The minimum atomic E-state index is -0.577. The Morgan fingerprint density at radius 2 is 2.04 bits per heavy atom. The van der Waals surface area contributed by atoms with Crippen molar-refractivity contribution in [1.82, 2.24) is 15.4 Å². The Kier molecular flexibility index (Phi) is 7.29. The number of nitrogens with zero attached hydrogens (tertiary/aromatic N) is 4. The average Bonchev–Trinajstić information content (AvgIpc) is 2.69. The number of aromatic nitrogens is 2. The third-order valence-corrected chi connectivity index (χ3v) is 3.63. The maximum atomic E-state index is 11.9. The van der Waals surface area contributed by atoms with E-state index in [1.807, 2.05) is 13.0 Å². The van der Waals surface area contributed by atoms with Gasteiger partial charge in [0.1, 0.15) is 12.1 Å². The number of carbonyl (C=O) groups excluding carboxylic acids is 1. The molecule has 0 radical (unpaired) electrons. The monoisotopic (exact) mass is 374 g/mol. The molecule has 2 rings (SSSR count). The molecular weight excluding hydrogens is 352 g/mol. The van der Waals surface area contributed by atoms with Gasteiger partial charge in [0.05, 0.1) is 4.92 Å². The first-order valence-electron chi connectivity index (χ1n) is 8.46. The fourth-order valence-corrected chi connectivity index (χ4v) is 2.24. The van der Waals surface area contributed by atoms with Gasteiger partial charge in [-0.25, -0.2) is 9.97 Å². The Balaban J connectivity index is 2.02. The fourth-order valence-electron chi connectivity index (χ4n) is 2.24. The Morgan fingerprint density at radius 3 is 2.70 bits per heavy atom. The van der Waals surface area contributed by atoms with Crippen LogP contribution in [0.3, 0.4) is 0 Å². The number of hydrogen-bond acceptors (Lipinski definition) is 8. The summed E-state index contributed by atoms with van der Waals surface area (Å²) in [6.45, 7) is 2.40. The van der Waals surface area contributed by atoms with Gasteiger partial charge in [-0.1, -0.05) is 31.5 Å². The summed E-state index contributed by atoms with van der Waals surface area (Å²) in [4.78, 5) is 32.4. The third kappa shape index (κ3) is 5.80. The number of rotatable bonds is 10. The Hall–Kier alpha value is -3.43. The second-order valence-corrected chi connectivity index (χ2v) is 5.70. The number of ether oxygens (including phenoxy) is 1. The molecule has 0 aliphatic heterocycles. The molecule has 0 atom stereocenters. The summed E-state index contributed by atoms with van der Waals surface area (Å²) in [5.41, 5.74) is 4.52. The lowest BCUT2D eigenvalue weighted by atomic mass is 10.3. The summed E-state index contributed by atoms with van der Waals surface area (Å²) >= 11 is 0. The lowest BCUT2D eigenvalue weighted by Crippen LogP contribution is -2.34. The molecule has 0 saturated carbocycles. The number of hydrazine groups is 1. The predicted molar refractivity (Wildman–Crippen MR) is 101 cm³/mol. The Bertz CT molecular complexity index is 771. The number of para-hydroxylation sites is 1. The van der Waals surface area contributed by atoms with Gasteiger partial charge >= 0.3 is 5.69 Å². The van der Waals surface area contributed by atoms with Gasteiger partial charge in [-0.2, -0.15) is 0 Å². The fraction of sp³-hybridized carbons (Fsp3) is 0.353. The molecule has 1 heterocycles. The van der Waals surface area contributed by atoms with Crippen LogP contribution in [-0.2, 0) is 4.79 Å². The smallest absolute Gasteiger partial charge is 0.355 e. The van der Waals surface area contributed by atoms with Gasteiger partial charge < -0.3 is 9.64 Å². The van der Waals surface area contributed by atoms with Gasteiger partial charge in [0.25, 0.3) is 5.91 Å². The van der Waals surface area contributed by atoms with Crippen LogP contribution in [0, 0.1) is 10.1 Å². The van der Waals surface area contributed by atoms with Crippen molar-refractivity contribution in [2.45, 2.75) is 19.8 Å². The second-order valence-electron chi connectivity index (χ2n) is 5.70. The van der Waals surface area contributed by atoms with Crippen molar-refractivity contribution in [1.29, 1.82) is 0 Å². The van der Waals surface area contributed by atoms with E-state index in [4.69, 9.17) is 4.74 Å². The van der Waals surface area contributed by atoms with Crippen molar-refractivity contribution < 1.29 is 14.5 Å². The van der Waals surface area contributed by atoms with Crippen molar-refractivity contribution in [3.05, 3.63) is 46.8 Å². The van der Waals surface area contributed by atoms with E-state index in [1.54, 1.807) is 36.2 Å². The van der Waals surface area contributed by atoms with Crippen molar-refractivity contribution >= 4 is 23.2 Å². The number of unbranched alkanes of at least 4 members (excludes halogenated alkanes) is 1. The van der Waals surface area contributed by atoms with E-state index in [1.165, 1.54) is 6.33 Å². The first-order chi connectivity index (χ1) is 13.0. The van der Waals surface area contributed by atoms with E-state index in [9.17, 15) is 14.9 Å². The number of carbonyl (C=O) groups is 1. The van der Waals surface area contributed by atoms with Crippen LogP contribution in [0.2, 0.25) is 0 Å². The zero-order chi connectivity index (χ0) is 19.6. The van der Waals surface area contributed by atoms with Gasteiger partial charge in [0.15, 0.2) is 6.61 Å². The van der Waals surface area contributed by atoms with E-state index < -0.39 is 10.8 Å². The minimum absolute atomic E-state index is 0.0959. The third-order valence-electron chi connectivity index (χ3n) is 3.63. The van der Waals surface area contributed by atoms with E-state index in [0.29, 0.717) is 12.3 Å². The summed E-state index contributed by atoms with van der Waals surface area (Å²) < 4.78 is 5.31. The highest BCUT2D eigenvalue weighted by Gasteiger charge is 2.25. The quantitative estimate of drug-likeness (QED) is 0.479. The Labute approximate surface area is 156 Å². The van der Waals surface area contributed by atoms with E-state index in [-0.39, 0.29) is 23.9 Å². The second kappa shape index (κ2) is 9.90. The molecule has 0 aliphatic carbocycles. The van der Waals surface area contributed by atoms with Crippen molar-refractivity contribution in [3.8, 4) is 5.75 Å². The van der Waals surface area contributed by atoms with Crippen molar-refractivity contribution in [2.24, 2.45) is 0 Å². The molecule has 2 aromatic rings. The number of benzene rings is 1. The summed E-state index contributed by atoms with van der Waals surface area (Å²) in [5, 5.41) is 11.5. The molecule has 1 aromatic carbocycles. The molecule has 10 heteroatoms. The molecule has 0 saturated heterocycles. The average molecular weight is 374 g/mol. The van der Waals surface area contributed by atoms with Crippen LogP contribution >= 0.6 is 0 Å². The SMILES string of the molecule is CCCCN(C)c1ncnc(NNC(=O)COc2ccccc2)c1[N+](=O)[O-]. The van der Waals surface area contributed by atoms with Gasteiger partial charge in [0.2, 0.25) is 11.6 Å². The van der Waals surface area contributed by atoms with Crippen LogP contribution in [0.25, 0.3) is 0 Å². The molecule has 1 aromatic heterocycles. The molecule has 0 spiro atoms. The maximum absolute atomic E-state index is 11.9. The number of anilines is 2. The summed E-state index contributed by atoms with van der Waals surface area (Å²) in [6.07, 6.45) is 3.03. The van der Waals surface area contributed by atoms with Gasteiger partial charge in [-0.3, -0.25) is 25.8 Å². The minimum Gasteiger partial charge on any atom is -0.484 e. The predicted octanol–water partition coefficient (Wildman–Crippen LogP) is 2.14. The summed E-state index contributed by atoms with van der Waals surface area (Å²) in [5.74, 6) is 0.121. The number of nitro groups is 1. The summed E-state index contributed by atoms with van der Waals surface area (Å²) in [7, 11) is 1.72. The highest BCUT2D eigenvalue weighted by molar-refractivity contribution is 5.80. The molecule has 0 unspecified atom stereocenters. The first kappa shape index (κ1) is 19.9. The molecular formula is C17H22N6O4. The van der Waals surface area contributed by atoms with Crippen molar-refractivity contribution in [3.63, 3.8) is 0 Å². The summed E-state index contributed by atoms with van der Waals surface area (Å²) in [6, 6.07) is 8.83. The molecule has 0 fully saturated rings. The van der Waals surface area contributed by atoms with Gasteiger partial charge in [-0.05, 0) is 18.6 Å². The molecule has 0 aliphatic rings. The molecule has 1 amide bonds. The van der Waals surface area contributed by atoms with E-state index in [2.05, 4.69) is 20.8 Å². The standard InChI is InChI=1S/C17H22N6O4/c1-3-4-10-22(2)17-15(23(25)26)16(18-12-19-17)21-20-14(24)11-27-13-8-6-5-7-9-13/h5-9,12H,3-4,10-11H2,1-2H3,(H,20,24)(H,18,19,21). The van der Waals surface area contributed by atoms with Crippen LogP contribution in [0.5, 0.6) is 5.75 Å². The lowest BCUT2D eigenvalue weighted by Gasteiger charge is -2.18. The topological polar surface area (TPSA) is 123 Å². The zero-order valence-corrected chi connectivity index (χ0v) is 15.2. The van der Waals surface area contributed by atoms with Crippen LogP contribution in [-0.4, -0.2) is 41.0 Å². The molecule has 144 valence electrons. The molecule has 27 heavy (non-hydrogen) atoms.